The maximum absolute atomic E-state index is 14.1. The molecule has 0 heterocycles. The fraction of sp³-hybridized carbons (Fsp3) is 0.310. The van der Waals surface area contributed by atoms with E-state index in [2.05, 4.69) is 21.2 Å². The molecule has 0 aliphatic heterocycles. The van der Waals surface area contributed by atoms with Crippen LogP contribution in [0.5, 0.6) is 0 Å². The first-order valence-electron chi connectivity index (χ1n) is 12.5. The molecule has 3 aromatic rings. The molecule has 0 spiro atoms. The third-order valence-corrected chi connectivity index (χ3v) is 8.12. The number of hydrogen-bond donors (Lipinski definition) is 1. The van der Waals surface area contributed by atoms with E-state index in [1.807, 2.05) is 51.1 Å². The average Bonchev–Trinajstić information content (AvgIpc) is 2.84. The van der Waals surface area contributed by atoms with Crippen LogP contribution in [0.15, 0.2) is 77.3 Å². The van der Waals surface area contributed by atoms with E-state index >= 15 is 0 Å². The summed E-state index contributed by atoms with van der Waals surface area (Å²) in [4.78, 5) is 29.2. The first-order valence-corrected chi connectivity index (χ1v) is 15.9. The lowest BCUT2D eigenvalue weighted by atomic mass is 10.0. The number of sulfonamides is 1. The van der Waals surface area contributed by atoms with Crippen molar-refractivity contribution in [3.63, 3.8) is 0 Å². The number of carbonyl (C=O) groups is 2. The number of hydrogen-bond acceptors (Lipinski definition) is 4. The Kier molecular flexibility index (Phi) is 10.7. The summed E-state index contributed by atoms with van der Waals surface area (Å²) >= 11 is 16.0. The van der Waals surface area contributed by atoms with Gasteiger partial charge in [0.05, 0.1) is 11.9 Å². The predicted octanol–water partition coefficient (Wildman–Crippen LogP) is 6.08. The molecule has 1 atom stereocenters. The topological polar surface area (TPSA) is 86.8 Å². The molecule has 0 saturated heterocycles. The summed E-state index contributed by atoms with van der Waals surface area (Å²) in [5.74, 6) is -0.940. The van der Waals surface area contributed by atoms with Crippen molar-refractivity contribution in [2.45, 2.75) is 45.3 Å². The molecule has 0 aliphatic rings. The fourth-order valence-corrected chi connectivity index (χ4v) is 5.78. The minimum Gasteiger partial charge on any atom is -0.350 e. The second-order valence-electron chi connectivity index (χ2n) is 10.5. The minimum absolute atomic E-state index is 0.0417. The van der Waals surface area contributed by atoms with E-state index in [9.17, 15) is 18.0 Å². The quantitative estimate of drug-likeness (QED) is 0.284. The number of benzene rings is 3. The van der Waals surface area contributed by atoms with Crippen molar-refractivity contribution < 1.29 is 18.0 Å². The van der Waals surface area contributed by atoms with Crippen molar-refractivity contribution in [1.82, 2.24) is 10.2 Å². The van der Waals surface area contributed by atoms with Gasteiger partial charge in [0.2, 0.25) is 21.8 Å². The zero-order valence-corrected chi connectivity index (χ0v) is 26.6. The molecule has 0 unspecified atom stereocenters. The number of anilines is 1. The van der Waals surface area contributed by atoms with Crippen LogP contribution >= 0.6 is 39.1 Å². The Morgan fingerprint density at radius 2 is 1.65 bits per heavy atom. The number of carbonyl (C=O) groups excluding carboxylic acids is 2. The number of halogens is 3. The lowest BCUT2D eigenvalue weighted by Gasteiger charge is -2.35. The SMILES string of the molecule is CC(C)(C)NC(=O)[C@H](Cc1ccccc1)N(Cc1ccc(Cl)cc1Cl)C(=O)CN(c1cccc(Br)c1)S(C)(=O)=O. The third kappa shape index (κ3) is 9.23. The van der Waals surface area contributed by atoms with E-state index in [0.29, 0.717) is 25.8 Å². The van der Waals surface area contributed by atoms with Gasteiger partial charge >= 0.3 is 0 Å². The van der Waals surface area contributed by atoms with Crippen molar-refractivity contribution in [2.24, 2.45) is 0 Å². The van der Waals surface area contributed by atoms with Crippen LogP contribution in [0.25, 0.3) is 0 Å². The Morgan fingerprint density at radius 3 is 2.23 bits per heavy atom. The Labute approximate surface area is 254 Å². The molecule has 2 amide bonds. The summed E-state index contributed by atoms with van der Waals surface area (Å²) in [7, 11) is -3.86. The van der Waals surface area contributed by atoms with E-state index in [0.717, 1.165) is 16.1 Å². The van der Waals surface area contributed by atoms with Gasteiger partial charge in [0, 0.05) is 33.0 Å². The van der Waals surface area contributed by atoms with Gasteiger partial charge in [-0.15, -0.1) is 0 Å². The van der Waals surface area contributed by atoms with Crippen LogP contribution in [-0.4, -0.2) is 49.5 Å². The Balaban J connectivity index is 2.10. The maximum atomic E-state index is 14.1. The van der Waals surface area contributed by atoms with Crippen LogP contribution in [-0.2, 0) is 32.6 Å². The van der Waals surface area contributed by atoms with Crippen LogP contribution in [0.1, 0.15) is 31.9 Å². The molecule has 40 heavy (non-hydrogen) atoms. The van der Waals surface area contributed by atoms with Gasteiger partial charge in [-0.2, -0.15) is 0 Å². The van der Waals surface area contributed by atoms with Gasteiger partial charge in [-0.05, 0) is 62.2 Å². The number of amides is 2. The van der Waals surface area contributed by atoms with Gasteiger partial charge in [0.1, 0.15) is 12.6 Å². The fourth-order valence-electron chi connectivity index (χ4n) is 4.09. The van der Waals surface area contributed by atoms with E-state index in [1.165, 1.54) is 4.90 Å². The van der Waals surface area contributed by atoms with Crippen molar-refractivity contribution >= 4 is 66.7 Å². The molecule has 11 heteroatoms. The summed E-state index contributed by atoms with van der Waals surface area (Å²) in [6, 6.07) is 19.9. The summed E-state index contributed by atoms with van der Waals surface area (Å²) < 4.78 is 27.4. The standard InChI is InChI=1S/C29H32BrCl2N3O4S/c1-29(2,3)33-28(37)26(15-20-9-6-5-7-10-20)34(18-21-13-14-23(31)17-25(21)32)27(36)19-35(40(4,38)39)24-12-8-11-22(30)16-24/h5-14,16-17,26H,15,18-19H2,1-4H3,(H,33,37)/t26-/m0/s1. The van der Waals surface area contributed by atoms with E-state index in [-0.39, 0.29) is 18.9 Å². The summed E-state index contributed by atoms with van der Waals surface area (Å²) in [5, 5.41) is 3.73. The van der Waals surface area contributed by atoms with Crippen molar-refractivity contribution in [2.75, 3.05) is 17.1 Å². The highest BCUT2D eigenvalue weighted by Crippen LogP contribution is 2.26. The number of nitrogens with one attached hydrogen (secondary N) is 1. The molecular weight excluding hydrogens is 637 g/mol. The highest BCUT2D eigenvalue weighted by molar-refractivity contribution is 9.10. The predicted molar refractivity (Wildman–Crippen MR) is 165 cm³/mol. The van der Waals surface area contributed by atoms with Crippen molar-refractivity contribution in [1.29, 1.82) is 0 Å². The second kappa shape index (κ2) is 13.4. The smallest absolute Gasteiger partial charge is 0.244 e. The van der Waals surface area contributed by atoms with Crippen LogP contribution in [0, 0.1) is 0 Å². The third-order valence-electron chi connectivity index (χ3n) is 5.90. The van der Waals surface area contributed by atoms with Gasteiger partial charge in [0.25, 0.3) is 0 Å². The van der Waals surface area contributed by atoms with Crippen LogP contribution in [0.3, 0.4) is 0 Å². The van der Waals surface area contributed by atoms with Gasteiger partial charge in [-0.1, -0.05) is 81.6 Å². The van der Waals surface area contributed by atoms with Gasteiger partial charge < -0.3 is 10.2 Å². The summed E-state index contributed by atoms with van der Waals surface area (Å²) in [5.41, 5.74) is 1.14. The number of nitrogens with zero attached hydrogens (tertiary/aromatic N) is 2. The average molecular weight is 669 g/mol. The van der Waals surface area contributed by atoms with E-state index < -0.39 is 34.1 Å². The molecule has 3 rings (SSSR count). The second-order valence-corrected chi connectivity index (χ2v) is 14.1. The molecular formula is C29H32BrCl2N3O4S. The van der Waals surface area contributed by atoms with Crippen LogP contribution in [0.4, 0.5) is 5.69 Å². The Bertz CT molecular complexity index is 1460. The van der Waals surface area contributed by atoms with Crippen LogP contribution < -0.4 is 9.62 Å². The monoisotopic (exact) mass is 667 g/mol. The lowest BCUT2D eigenvalue weighted by molar-refractivity contribution is -0.140. The molecule has 0 bridgehead atoms. The zero-order valence-electron chi connectivity index (χ0n) is 22.7. The molecule has 7 nitrogen and oxygen atoms in total. The zero-order chi connectivity index (χ0) is 29.7. The van der Waals surface area contributed by atoms with Gasteiger partial charge in [-0.25, -0.2) is 8.42 Å². The normalized spacial score (nSPS) is 12.5. The molecule has 0 aliphatic carbocycles. The van der Waals surface area contributed by atoms with Gasteiger partial charge in [0.15, 0.2) is 0 Å². The molecule has 0 radical (unpaired) electrons. The highest BCUT2D eigenvalue weighted by Gasteiger charge is 2.34. The maximum Gasteiger partial charge on any atom is 0.244 e. The highest BCUT2D eigenvalue weighted by atomic mass is 79.9. The molecule has 0 fully saturated rings. The summed E-state index contributed by atoms with van der Waals surface area (Å²) in [6.07, 6.45) is 1.24. The van der Waals surface area contributed by atoms with Crippen molar-refractivity contribution in [3.05, 3.63) is 98.4 Å². The first-order chi connectivity index (χ1) is 18.6. The Hall–Kier alpha value is -2.59. The van der Waals surface area contributed by atoms with Gasteiger partial charge in [-0.3, -0.25) is 13.9 Å². The lowest BCUT2D eigenvalue weighted by Crippen LogP contribution is -2.56. The first kappa shape index (κ1) is 31.9. The van der Waals surface area contributed by atoms with Crippen molar-refractivity contribution in [3.8, 4) is 0 Å². The minimum atomic E-state index is -3.86. The van der Waals surface area contributed by atoms with E-state index in [4.69, 9.17) is 23.2 Å². The summed E-state index contributed by atoms with van der Waals surface area (Å²) in [6.45, 7) is 5.00. The van der Waals surface area contributed by atoms with Crippen LogP contribution in [0.2, 0.25) is 10.0 Å². The Morgan fingerprint density at radius 1 is 0.975 bits per heavy atom. The van der Waals surface area contributed by atoms with E-state index in [1.54, 1.807) is 42.5 Å². The molecule has 0 aromatic heterocycles. The number of rotatable bonds is 10. The molecule has 3 aromatic carbocycles. The molecule has 1 N–H and O–H groups in total. The largest absolute Gasteiger partial charge is 0.350 e. The molecule has 214 valence electrons. The molecule has 0 saturated carbocycles.